The molecule has 42 heavy (non-hydrogen) atoms. The van der Waals surface area contributed by atoms with Crippen LogP contribution in [0.4, 0.5) is 16.4 Å². The van der Waals surface area contributed by atoms with E-state index in [-0.39, 0.29) is 13.6 Å². The highest BCUT2D eigenvalue weighted by Gasteiger charge is 2.39. The summed E-state index contributed by atoms with van der Waals surface area (Å²) in [6.45, 7) is 6.24. The number of fused-ring (bicyclic) bond motifs is 3. The number of benzene rings is 2. The van der Waals surface area contributed by atoms with Crippen LogP contribution in [-0.2, 0) is 30.5 Å². The Hall–Kier alpha value is -3.74. The molecule has 2 unspecified atom stereocenters. The maximum Gasteiger partial charge on any atom is 0.410 e. The minimum Gasteiger partial charge on any atom is -0.444 e. The van der Waals surface area contributed by atoms with Crippen molar-refractivity contribution in [3.63, 3.8) is 0 Å². The average Bonchev–Trinajstić information content (AvgIpc) is 3.69. The molecule has 3 atom stereocenters. The number of rotatable bonds is 8. The molecule has 7 heteroatoms. The van der Waals surface area contributed by atoms with E-state index in [2.05, 4.69) is 51.7 Å². The molecule has 0 aliphatic heterocycles. The van der Waals surface area contributed by atoms with Gasteiger partial charge < -0.3 is 15.0 Å². The Balaban J connectivity index is 0.00000368. The van der Waals surface area contributed by atoms with E-state index in [4.69, 9.17) is 9.72 Å². The first kappa shape index (κ1) is 28.4. The van der Waals surface area contributed by atoms with Crippen LogP contribution in [0.15, 0.2) is 59.7 Å². The predicted octanol–water partition coefficient (Wildman–Crippen LogP) is 7.40. The standard InChI is InChI=1S/C35H43N5O2.H2/c1-35(2,3)42-34(41)40(31-17-25-7-5-6-8-26(25)18-31)22-23-10-13-30(14-11-23)38-33-37-21-29(20-36-4)32(39-33)19-28-16-24-9-12-27(28)15-24;/h5-8,10-11,13-14,20-21,24,27-28,31H,9,12,15-19,22H2,1-4H3,(H,37,38,39);1H/t24-,27?,28?;/m1./s1. The van der Waals surface area contributed by atoms with Gasteiger partial charge in [0.25, 0.3) is 0 Å². The van der Waals surface area contributed by atoms with Gasteiger partial charge in [0.05, 0.1) is 5.69 Å². The van der Waals surface area contributed by atoms with Gasteiger partial charge in [-0.15, -0.1) is 0 Å². The zero-order chi connectivity index (χ0) is 29.3. The monoisotopic (exact) mass is 567 g/mol. The van der Waals surface area contributed by atoms with Crippen molar-refractivity contribution in [2.75, 3.05) is 12.4 Å². The molecule has 2 fully saturated rings. The van der Waals surface area contributed by atoms with E-state index < -0.39 is 5.60 Å². The Morgan fingerprint density at radius 2 is 1.83 bits per heavy atom. The molecule has 1 aromatic heterocycles. The van der Waals surface area contributed by atoms with Crippen LogP contribution < -0.4 is 5.32 Å². The highest BCUT2D eigenvalue weighted by atomic mass is 16.6. The molecule has 2 bridgehead atoms. The zero-order valence-electron chi connectivity index (χ0n) is 25.3. The molecule has 3 aromatic rings. The van der Waals surface area contributed by atoms with Gasteiger partial charge >= 0.3 is 6.09 Å². The third kappa shape index (κ3) is 6.50. The van der Waals surface area contributed by atoms with Gasteiger partial charge in [0.15, 0.2) is 0 Å². The van der Waals surface area contributed by atoms with Gasteiger partial charge in [-0.3, -0.25) is 4.99 Å². The first-order chi connectivity index (χ1) is 20.2. The van der Waals surface area contributed by atoms with Gasteiger partial charge in [-0.05, 0) is 106 Å². The number of nitrogens with one attached hydrogen (secondary N) is 1. The molecule has 0 spiro atoms. The predicted molar refractivity (Wildman–Crippen MR) is 169 cm³/mol. The zero-order valence-corrected chi connectivity index (χ0v) is 25.3. The van der Waals surface area contributed by atoms with E-state index in [1.165, 1.54) is 36.8 Å². The fourth-order valence-electron chi connectivity index (χ4n) is 7.21. The summed E-state index contributed by atoms with van der Waals surface area (Å²) in [5, 5.41) is 3.40. The average molecular weight is 568 g/mol. The molecule has 1 amide bonds. The summed E-state index contributed by atoms with van der Waals surface area (Å²) in [5.41, 5.74) is 6.13. The molecular formula is C35H45N5O2. The van der Waals surface area contributed by atoms with E-state index in [0.29, 0.717) is 12.5 Å². The number of anilines is 2. The molecule has 3 aliphatic carbocycles. The first-order valence-corrected chi connectivity index (χ1v) is 15.4. The second kappa shape index (κ2) is 11.9. The number of carbonyl (C=O) groups excluding carboxylic acids is 1. The number of aliphatic imine (C=N–C) groups is 1. The Morgan fingerprint density at radius 3 is 2.45 bits per heavy atom. The molecule has 1 heterocycles. The molecule has 2 aromatic carbocycles. The Kier molecular flexibility index (Phi) is 8.02. The van der Waals surface area contributed by atoms with E-state index >= 15 is 0 Å². The lowest BCUT2D eigenvalue weighted by atomic mass is 9.85. The van der Waals surface area contributed by atoms with Crippen molar-refractivity contribution in [2.45, 2.75) is 83.9 Å². The van der Waals surface area contributed by atoms with Crippen LogP contribution in [0.1, 0.15) is 75.8 Å². The lowest BCUT2D eigenvalue weighted by molar-refractivity contribution is 0.0148. The summed E-state index contributed by atoms with van der Waals surface area (Å²) >= 11 is 0. The van der Waals surface area contributed by atoms with Crippen LogP contribution in [0, 0.1) is 17.8 Å². The minimum atomic E-state index is -0.552. The number of ether oxygens (including phenoxy) is 1. The molecule has 0 saturated heterocycles. The summed E-state index contributed by atoms with van der Waals surface area (Å²) in [5.74, 6) is 3.08. The van der Waals surface area contributed by atoms with E-state index in [9.17, 15) is 4.79 Å². The van der Waals surface area contributed by atoms with Crippen molar-refractivity contribution >= 4 is 23.9 Å². The number of aromatic nitrogens is 2. The smallest absolute Gasteiger partial charge is 0.410 e. The lowest BCUT2D eigenvalue weighted by Crippen LogP contribution is -2.43. The summed E-state index contributed by atoms with van der Waals surface area (Å²) < 4.78 is 5.84. The van der Waals surface area contributed by atoms with Crippen molar-refractivity contribution in [3.05, 3.63) is 82.7 Å². The SMILES string of the molecule is CN=Cc1cnc(Nc2ccc(CN(C(=O)OC(C)(C)C)C3Cc4ccccc4C3)cc2)nc1CC1C[C@@H]2CCC1C2.[HH]. The molecule has 222 valence electrons. The molecule has 7 nitrogen and oxygen atoms in total. The largest absolute Gasteiger partial charge is 0.444 e. The van der Waals surface area contributed by atoms with Crippen molar-refractivity contribution in [1.82, 2.24) is 14.9 Å². The quantitative estimate of drug-likeness (QED) is 0.287. The molecule has 0 radical (unpaired) electrons. The number of hydrogen-bond donors (Lipinski definition) is 1. The maximum atomic E-state index is 13.3. The topological polar surface area (TPSA) is 79.7 Å². The van der Waals surface area contributed by atoms with Crippen molar-refractivity contribution in [3.8, 4) is 0 Å². The van der Waals surface area contributed by atoms with Gasteiger partial charge in [-0.1, -0.05) is 42.8 Å². The summed E-state index contributed by atoms with van der Waals surface area (Å²) in [6.07, 6.45) is 11.7. The van der Waals surface area contributed by atoms with Gasteiger partial charge in [0.2, 0.25) is 5.95 Å². The maximum absolute atomic E-state index is 13.3. The van der Waals surface area contributed by atoms with Crippen LogP contribution in [-0.4, -0.2) is 45.9 Å². The molecule has 2 saturated carbocycles. The van der Waals surface area contributed by atoms with Crippen molar-refractivity contribution in [1.29, 1.82) is 0 Å². The van der Waals surface area contributed by atoms with Gasteiger partial charge in [0, 0.05) is 44.7 Å². The highest BCUT2D eigenvalue weighted by molar-refractivity contribution is 5.80. The van der Waals surface area contributed by atoms with Crippen LogP contribution in [0.25, 0.3) is 0 Å². The van der Waals surface area contributed by atoms with Crippen molar-refractivity contribution < 1.29 is 11.0 Å². The number of hydrogen-bond acceptors (Lipinski definition) is 6. The molecule has 6 rings (SSSR count). The normalized spacial score (nSPS) is 21.6. The molecule has 3 aliphatic rings. The van der Waals surface area contributed by atoms with Crippen LogP contribution in [0.5, 0.6) is 0 Å². The molecule has 1 N–H and O–H groups in total. The second-order valence-electron chi connectivity index (χ2n) is 13.4. The highest BCUT2D eigenvalue weighted by Crippen LogP contribution is 2.49. The van der Waals surface area contributed by atoms with Crippen LogP contribution in [0.2, 0.25) is 0 Å². The van der Waals surface area contributed by atoms with E-state index in [1.807, 2.05) is 50.2 Å². The Labute approximate surface area is 251 Å². The number of amides is 1. The van der Waals surface area contributed by atoms with E-state index in [0.717, 1.165) is 59.5 Å². The van der Waals surface area contributed by atoms with Gasteiger partial charge in [0.1, 0.15) is 5.60 Å². The van der Waals surface area contributed by atoms with Gasteiger partial charge in [-0.2, -0.15) is 0 Å². The second-order valence-corrected chi connectivity index (χ2v) is 13.4. The first-order valence-electron chi connectivity index (χ1n) is 15.4. The summed E-state index contributed by atoms with van der Waals surface area (Å²) in [4.78, 5) is 29.0. The van der Waals surface area contributed by atoms with Crippen molar-refractivity contribution in [2.24, 2.45) is 22.7 Å². The summed E-state index contributed by atoms with van der Waals surface area (Å²) in [7, 11) is 1.80. The Morgan fingerprint density at radius 1 is 1.10 bits per heavy atom. The fraction of sp³-hybridized carbons (Fsp3) is 0.486. The molecular weight excluding hydrogens is 522 g/mol. The number of nitrogens with zero attached hydrogens (tertiary/aromatic N) is 4. The third-order valence-electron chi connectivity index (χ3n) is 9.17. The minimum absolute atomic E-state index is 0. The van der Waals surface area contributed by atoms with E-state index in [1.54, 1.807) is 7.05 Å². The summed E-state index contributed by atoms with van der Waals surface area (Å²) in [6, 6.07) is 16.7. The lowest BCUT2D eigenvalue weighted by Gasteiger charge is -2.31. The Bertz CT molecular complexity index is 1430. The number of carbonyl (C=O) groups is 1. The van der Waals surface area contributed by atoms with Crippen LogP contribution >= 0.6 is 0 Å². The van der Waals surface area contributed by atoms with Gasteiger partial charge in [-0.25, -0.2) is 14.8 Å². The third-order valence-corrected chi connectivity index (χ3v) is 9.17. The fourth-order valence-corrected chi connectivity index (χ4v) is 7.21. The van der Waals surface area contributed by atoms with Crippen LogP contribution in [0.3, 0.4) is 0 Å².